The van der Waals surface area contributed by atoms with E-state index < -0.39 is 18.5 Å². The Labute approximate surface area is 158 Å². The van der Waals surface area contributed by atoms with E-state index in [-0.39, 0.29) is 18.9 Å². The Balaban J connectivity index is 1.73. The van der Waals surface area contributed by atoms with E-state index in [2.05, 4.69) is 10.6 Å². The van der Waals surface area contributed by atoms with E-state index in [1.807, 2.05) is 63.2 Å². The van der Waals surface area contributed by atoms with Crippen molar-refractivity contribution in [3.63, 3.8) is 0 Å². The van der Waals surface area contributed by atoms with Gasteiger partial charge < -0.3 is 15.4 Å². The third-order valence-corrected chi connectivity index (χ3v) is 3.94. The summed E-state index contributed by atoms with van der Waals surface area (Å²) in [5, 5.41) is 5.24. The van der Waals surface area contributed by atoms with Crippen LogP contribution in [-0.4, -0.2) is 30.9 Å². The number of carbonyl (C=O) groups is 3. The Hall–Kier alpha value is -3.15. The van der Waals surface area contributed by atoms with Gasteiger partial charge in [-0.25, -0.2) is 0 Å². The lowest BCUT2D eigenvalue weighted by Crippen LogP contribution is -2.33. The molecule has 0 fully saturated rings. The molecule has 2 aromatic carbocycles. The quantitative estimate of drug-likeness (QED) is 0.735. The molecule has 0 spiro atoms. The van der Waals surface area contributed by atoms with Crippen molar-refractivity contribution in [2.45, 2.75) is 27.2 Å². The number of hydrogen-bond acceptors (Lipinski definition) is 4. The molecular formula is C21H24N2O4. The molecule has 0 bridgehead atoms. The average molecular weight is 368 g/mol. The van der Waals surface area contributed by atoms with Gasteiger partial charge in [0.25, 0.3) is 5.91 Å². The van der Waals surface area contributed by atoms with Crippen molar-refractivity contribution in [2.24, 2.45) is 0 Å². The van der Waals surface area contributed by atoms with E-state index in [0.29, 0.717) is 0 Å². The number of nitrogens with one attached hydrogen (secondary N) is 2. The SMILES string of the molecule is Cc1cc(C)c(NC(=O)COC(=O)CNC(=O)Cc2ccccc2)c(C)c1. The molecule has 2 aromatic rings. The maximum Gasteiger partial charge on any atom is 0.325 e. The zero-order valence-electron chi connectivity index (χ0n) is 15.8. The predicted molar refractivity (Wildman–Crippen MR) is 103 cm³/mol. The van der Waals surface area contributed by atoms with Crippen LogP contribution < -0.4 is 10.6 Å². The molecule has 2 amide bonds. The van der Waals surface area contributed by atoms with E-state index in [1.165, 1.54) is 0 Å². The number of rotatable bonds is 7. The monoisotopic (exact) mass is 368 g/mol. The standard InChI is InChI=1S/C21H24N2O4/c1-14-9-15(2)21(16(3)10-14)23-19(25)13-27-20(26)12-22-18(24)11-17-7-5-4-6-8-17/h4-10H,11-13H2,1-3H3,(H,22,24)(H,23,25). The van der Waals surface area contributed by atoms with Crippen LogP contribution in [0.25, 0.3) is 0 Å². The number of aryl methyl sites for hydroxylation is 3. The number of anilines is 1. The Morgan fingerprint density at radius 3 is 2.19 bits per heavy atom. The van der Waals surface area contributed by atoms with Gasteiger partial charge in [-0.1, -0.05) is 48.0 Å². The molecule has 142 valence electrons. The highest BCUT2D eigenvalue weighted by molar-refractivity contribution is 5.94. The Bertz CT molecular complexity index is 808. The van der Waals surface area contributed by atoms with Crippen molar-refractivity contribution in [3.05, 3.63) is 64.7 Å². The summed E-state index contributed by atoms with van der Waals surface area (Å²) in [5.74, 6) is -1.37. The zero-order valence-corrected chi connectivity index (χ0v) is 15.8. The van der Waals surface area contributed by atoms with E-state index in [1.54, 1.807) is 0 Å². The first kappa shape index (κ1) is 20.2. The van der Waals surface area contributed by atoms with Crippen molar-refractivity contribution in [1.29, 1.82) is 0 Å². The lowest BCUT2D eigenvalue weighted by molar-refractivity contribution is -0.147. The second kappa shape index (κ2) is 9.52. The van der Waals surface area contributed by atoms with E-state index in [0.717, 1.165) is 27.9 Å². The van der Waals surface area contributed by atoms with Crippen LogP contribution in [0.5, 0.6) is 0 Å². The molecular weight excluding hydrogens is 344 g/mol. The molecule has 0 atom stereocenters. The molecule has 0 saturated carbocycles. The summed E-state index contributed by atoms with van der Waals surface area (Å²) < 4.78 is 4.91. The topological polar surface area (TPSA) is 84.5 Å². The number of esters is 1. The molecule has 0 saturated heterocycles. The third-order valence-electron chi connectivity index (χ3n) is 3.94. The molecule has 0 aliphatic heterocycles. The number of ether oxygens (including phenoxy) is 1. The van der Waals surface area contributed by atoms with Crippen LogP contribution in [0.2, 0.25) is 0 Å². The van der Waals surface area contributed by atoms with E-state index in [4.69, 9.17) is 4.74 Å². The van der Waals surface area contributed by atoms with Gasteiger partial charge in [0, 0.05) is 5.69 Å². The summed E-state index contributed by atoms with van der Waals surface area (Å²) in [5.41, 5.74) is 4.57. The van der Waals surface area contributed by atoms with Gasteiger partial charge in [-0.15, -0.1) is 0 Å². The van der Waals surface area contributed by atoms with Crippen LogP contribution in [-0.2, 0) is 25.5 Å². The number of carbonyl (C=O) groups excluding carboxylic acids is 3. The fourth-order valence-electron chi connectivity index (χ4n) is 2.76. The Morgan fingerprint density at radius 1 is 0.926 bits per heavy atom. The van der Waals surface area contributed by atoms with Crippen LogP contribution >= 0.6 is 0 Å². The van der Waals surface area contributed by atoms with Crippen molar-refractivity contribution in [2.75, 3.05) is 18.5 Å². The van der Waals surface area contributed by atoms with Crippen LogP contribution in [0.3, 0.4) is 0 Å². The fourth-order valence-corrected chi connectivity index (χ4v) is 2.76. The van der Waals surface area contributed by atoms with Crippen LogP contribution in [0.4, 0.5) is 5.69 Å². The highest BCUT2D eigenvalue weighted by Gasteiger charge is 2.12. The number of hydrogen-bond donors (Lipinski definition) is 2. The minimum atomic E-state index is -0.663. The molecule has 0 aliphatic carbocycles. The summed E-state index contributed by atoms with van der Waals surface area (Å²) in [6, 6.07) is 13.1. The van der Waals surface area contributed by atoms with Crippen molar-refractivity contribution >= 4 is 23.5 Å². The van der Waals surface area contributed by atoms with Gasteiger partial charge in [0.05, 0.1) is 6.42 Å². The molecule has 0 heterocycles. The molecule has 6 heteroatoms. The smallest absolute Gasteiger partial charge is 0.325 e. The van der Waals surface area contributed by atoms with Crippen molar-refractivity contribution in [1.82, 2.24) is 5.32 Å². The highest BCUT2D eigenvalue weighted by Crippen LogP contribution is 2.21. The molecule has 2 N–H and O–H groups in total. The second-order valence-electron chi connectivity index (χ2n) is 6.42. The van der Waals surface area contributed by atoms with Crippen LogP contribution in [0, 0.1) is 20.8 Å². The summed E-state index contributed by atoms with van der Waals surface area (Å²) in [4.78, 5) is 35.5. The number of amides is 2. The molecule has 27 heavy (non-hydrogen) atoms. The highest BCUT2D eigenvalue weighted by atomic mass is 16.5. The first-order valence-electron chi connectivity index (χ1n) is 8.69. The lowest BCUT2D eigenvalue weighted by atomic mass is 10.1. The fraction of sp³-hybridized carbons (Fsp3) is 0.286. The predicted octanol–water partition coefficient (Wildman–Crippen LogP) is 2.45. The first-order chi connectivity index (χ1) is 12.8. The van der Waals surface area contributed by atoms with Crippen molar-refractivity contribution < 1.29 is 19.1 Å². The summed E-state index contributed by atoms with van der Waals surface area (Å²) in [7, 11) is 0. The van der Waals surface area contributed by atoms with Gasteiger partial charge in [0.15, 0.2) is 6.61 Å². The second-order valence-corrected chi connectivity index (χ2v) is 6.42. The summed E-state index contributed by atoms with van der Waals surface area (Å²) in [6.07, 6.45) is 0.181. The minimum Gasteiger partial charge on any atom is -0.454 e. The normalized spacial score (nSPS) is 10.2. The van der Waals surface area contributed by atoms with E-state index >= 15 is 0 Å². The summed E-state index contributed by atoms with van der Waals surface area (Å²) in [6.45, 7) is 5.12. The average Bonchev–Trinajstić information content (AvgIpc) is 2.62. The van der Waals surface area contributed by atoms with Gasteiger partial charge in [0.1, 0.15) is 6.54 Å². The van der Waals surface area contributed by atoms with E-state index in [9.17, 15) is 14.4 Å². The van der Waals surface area contributed by atoms with Gasteiger partial charge >= 0.3 is 5.97 Å². The molecule has 0 radical (unpaired) electrons. The Kier molecular flexibility index (Phi) is 7.11. The lowest BCUT2D eigenvalue weighted by Gasteiger charge is -2.13. The third kappa shape index (κ3) is 6.58. The Morgan fingerprint density at radius 2 is 1.56 bits per heavy atom. The van der Waals surface area contributed by atoms with Crippen LogP contribution in [0.1, 0.15) is 22.3 Å². The maximum atomic E-state index is 12.0. The van der Waals surface area contributed by atoms with Gasteiger partial charge in [-0.3, -0.25) is 14.4 Å². The molecule has 2 rings (SSSR count). The van der Waals surface area contributed by atoms with Crippen molar-refractivity contribution in [3.8, 4) is 0 Å². The molecule has 0 aliphatic rings. The molecule has 6 nitrogen and oxygen atoms in total. The van der Waals surface area contributed by atoms with Gasteiger partial charge in [0.2, 0.25) is 5.91 Å². The molecule has 0 aromatic heterocycles. The largest absolute Gasteiger partial charge is 0.454 e. The van der Waals surface area contributed by atoms with Gasteiger partial charge in [-0.05, 0) is 37.5 Å². The van der Waals surface area contributed by atoms with Gasteiger partial charge in [-0.2, -0.15) is 0 Å². The first-order valence-corrected chi connectivity index (χ1v) is 8.69. The summed E-state index contributed by atoms with van der Waals surface area (Å²) >= 11 is 0. The maximum absolute atomic E-state index is 12.0. The zero-order chi connectivity index (χ0) is 19.8. The van der Waals surface area contributed by atoms with Crippen LogP contribution in [0.15, 0.2) is 42.5 Å². The molecule has 0 unspecified atom stereocenters. The minimum absolute atomic E-state index is 0.181. The number of benzene rings is 2.